The van der Waals surface area contributed by atoms with E-state index in [0.717, 1.165) is 5.69 Å². The number of hydrogen-bond acceptors (Lipinski definition) is 4. The number of hydrogen-bond donors (Lipinski definition) is 1. The number of carbonyl (C=O) groups is 2. The lowest BCUT2D eigenvalue weighted by Crippen LogP contribution is -2.50. The number of anilines is 1. The maximum Gasteiger partial charge on any atom is 0.335 e. The lowest BCUT2D eigenvalue weighted by molar-refractivity contribution is -0.133. The summed E-state index contributed by atoms with van der Waals surface area (Å²) in [6, 6.07) is 16.1. The van der Waals surface area contributed by atoms with Gasteiger partial charge in [-0.2, -0.15) is 0 Å². The maximum atomic E-state index is 12.3. The summed E-state index contributed by atoms with van der Waals surface area (Å²) >= 11 is 0. The molecule has 130 valence electrons. The van der Waals surface area contributed by atoms with Crippen molar-refractivity contribution >= 4 is 17.6 Å². The quantitative estimate of drug-likeness (QED) is 0.903. The molecule has 0 radical (unpaired) electrons. The van der Waals surface area contributed by atoms with Crippen molar-refractivity contribution in [3.05, 3.63) is 60.2 Å². The Kier molecular flexibility index (Phi) is 5.18. The van der Waals surface area contributed by atoms with E-state index in [1.54, 1.807) is 23.1 Å². The maximum absolute atomic E-state index is 12.3. The predicted octanol–water partition coefficient (Wildman–Crippen LogP) is 2.11. The van der Waals surface area contributed by atoms with Crippen LogP contribution in [0, 0.1) is 0 Å². The van der Waals surface area contributed by atoms with Crippen molar-refractivity contribution in [3.63, 3.8) is 0 Å². The van der Waals surface area contributed by atoms with E-state index in [2.05, 4.69) is 4.90 Å². The summed E-state index contributed by atoms with van der Waals surface area (Å²) in [6.45, 7) is 2.54. The number of rotatable bonds is 5. The van der Waals surface area contributed by atoms with Crippen molar-refractivity contribution < 1.29 is 19.4 Å². The molecule has 1 fully saturated rings. The van der Waals surface area contributed by atoms with Crippen LogP contribution < -0.4 is 9.64 Å². The van der Waals surface area contributed by atoms with Gasteiger partial charge in [-0.3, -0.25) is 4.79 Å². The molecule has 1 aliphatic heterocycles. The van der Waals surface area contributed by atoms with E-state index in [1.807, 2.05) is 36.4 Å². The van der Waals surface area contributed by atoms with Crippen LogP contribution in [0.2, 0.25) is 0 Å². The van der Waals surface area contributed by atoms with Crippen molar-refractivity contribution in [2.75, 3.05) is 37.7 Å². The van der Waals surface area contributed by atoms with E-state index in [9.17, 15) is 9.59 Å². The highest BCUT2D eigenvalue weighted by Crippen LogP contribution is 2.18. The summed E-state index contributed by atoms with van der Waals surface area (Å²) in [4.78, 5) is 27.2. The van der Waals surface area contributed by atoms with Gasteiger partial charge in [-0.05, 0) is 30.3 Å². The molecule has 2 aromatic carbocycles. The number of carboxylic acid groups (broad SMARTS) is 1. The number of carbonyl (C=O) groups excluding carboxylic acids is 1. The zero-order valence-corrected chi connectivity index (χ0v) is 13.8. The third kappa shape index (κ3) is 4.29. The van der Waals surface area contributed by atoms with Crippen LogP contribution in [-0.2, 0) is 4.79 Å². The lowest BCUT2D eigenvalue weighted by Gasteiger charge is -2.36. The van der Waals surface area contributed by atoms with Crippen molar-refractivity contribution in [3.8, 4) is 5.75 Å². The average molecular weight is 340 g/mol. The SMILES string of the molecule is O=C(O)c1cccc(N2CCN(C(=O)COc3ccccc3)CC2)c1. The summed E-state index contributed by atoms with van der Waals surface area (Å²) in [7, 11) is 0. The molecule has 2 aromatic rings. The Morgan fingerprint density at radius 1 is 0.960 bits per heavy atom. The van der Waals surface area contributed by atoms with E-state index in [0.29, 0.717) is 31.9 Å². The molecule has 0 saturated carbocycles. The number of aromatic carboxylic acids is 1. The van der Waals surface area contributed by atoms with Gasteiger partial charge in [-0.25, -0.2) is 4.79 Å². The zero-order chi connectivity index (χ0) is 17.6. The minimum absolute atomic E-state index is 0.0263. The molecule has 1 N–H and O–H groups in total. The Labute approximate surface area is 146 Å². The molecule has 1 saturated heterocycles. The summed E-state index contributed by atoms with van der Waals surface area (Å²) in [6.07, 6.45) is 0. The second-order valence-corrected chi connectivity index (χ2v) is 5.83. The zero-order valence-electron chi connectivity index (χ0n) is 13.8. The van der Waals surface area contributed by atoms with Gasteiger partial charge in [-0.15, -0.1) is 0 Å². The van der Waals surface area contributed by atoms with Crippen LogP contribution in [0.15, 0.2) is 54.6 Å². The molecule has 0 spiro atoms. The second kappa shape index (κ2) is 7.70. The van der Waals surface area contributed by atoms with Crippen LogP contribution in [0.25, 0.3) is 0 Å². The van der Waals surface area contributed by atoms with Crippen LogP contribution in [0.3, 0.4) is 0 Å². The molecular formula is C19H20N2O4. The standard InChI is InChI=1S/C19H20N2O4/c22-18(14-25-17-7-2-1-3-8-17)21-11-9-20(10-12-21)16-6-4-5-15(13-16)19(23)24/h1-8,13H,9-12,14H2,(H,23,24). The van der Waals surface area contributed by atoms with Gasteiger partial charge < -0.3 is 19.6 Å². The Balaban J connectivity index is 1.52. The van der Waals surface area contributed by atoms with Crippen molar-refractivity contribution in [2.45, 2.75) is 0 Å². The van der Waals surface area contributed by atoms with E-state index in [1.165, 1.54) is 0 Å². The van der Waals surface area contributed by atoms with Crippen molar-refractivity contribution in [1.82, 2.24) is 4.90 Å². The fourth-order valence-corrected chi connectivity index (χ4v) is 2.80. The van der Waals surface area contributed by atoms with Crippen molar-refractivity contribution in [2.24, 2.45) is 0 Å². The molecular weight excluding hydrogens is 320 g/mol. The third-order valence-electron chi connectivity index (χ3n) is 4.20. The Morgan fingerprint density at radius 2 is 1.68 bits per heavy atom. The number of para-hydroxylation sites is 1. The normalized spacial score (nSPS) is 14.2. The second-order valence-electron chi connectivity index (χ2n) is 5.83. The average Bonchev–Trinajstić information content (AvgIpc) is 2.67. The van der Waals surface area contributed by atoms with E-state index >= 15 is 0 Å². The van der Waals surface area contributed by atoms with Crippen LogP contribution in [0.1, 0.15) is 10.4 Å². The van der Waals surface area contributed by atoms with Gasteiger partial charge in [0.1, 0.15) is 5.75 Å². The number of benzene rings is 2. The smallest absolute Gasteiger partial charge is 0.335 e. The molecule has 1 aliphatic rings. The fraction of sp³-hybridized carbons (Fsp3) is 0.263. The van der Waals surface area contributed by atoms with E-state index in [4.69, 9.17) is 9.84 Å². The van der Waals surface area contributed by atoms with E-state index in [-0.39, 0.29) is 18.1 Å². The highest BCUT2D eigenvalue weighted by molar-refractivity contribution is 5.88. The number of nitrogens with zero attached hydrogens (tertiary/aromatic N) is 2. The first-order chi connectivity index (χ1) is 12.1. The Morgan fingerprint density at radius 3 is 2.36 bits per heavy atom. The van der Waals surface area contributed by atoms with Crippen molar-refractivity contribution in [1.29, 1.82) is 0 Å². The fourth-order valence-electron chi connectivity index (χ4n) is 2.80. The van der Waals surface area contributed by atoms with Gasteiger partial charge in [-0.1, -0.05) is 24.3 Å². The van der Waals surface area contributed by atoms with E-state index < -0.39 is 5.97 Å². The number of ether oxygens (including phenoxy) is 1. The highest BCUT2D eigenvalue weighted by Gasteiger charge is 2.22. The molecule has 6 heteroatoms. The van der Waals surface area contributed by atoms with Gasteiger partial charge in [0, 0.05) is 31.9 Å². The topological polar surface area (TPSA) is 70.1 Å². The molecule has 6 nitrogen and oxygen atoms in total. The monoisotopic (exact) mass is 340 g/mol. The molecule has 0 aromatic heterocycles. The summed E-state index contributed by atoms with van der Waals surface area (Å²) < 4.78 is 5.50. The van der Waals surface area contributed by atoms with Crippen LogP contribution in [-0.4, -0.2) is 54.7 Å². The number of carboxylic acids is 1. The third-order valence-corrected chi connectivity index (χ3v) is 4.20. The molecule has 0 unspecified atom stereocenters. The van der Waals surface area contributed by atoms with Gasteiger partial charge >= 0.3 is 5.97 Å². The number of amides is 1. The van der Waals surface area contributed by atoms with Crippen LogP contribution in [0.4, 0.5) is 5.69 Å². The first-order valence-electron chi connectivity index (χ1n) is 8.17. The number of piperazine rings is 1. The molecule has 0 aliphatic carbocycles. The molecule has 25 heavy (non-hydrogen) atoms. The Hall–Kier alpha value is -3.02. The molecule has 0 atom stereocenters. The van der Waals surface area contributed by atoms with Crippen LogP contribution >= 0.6 is 0 Å². The minimum atomic E-state index is -0.936. The molecule has 1 amide bonds. The Bertz CT molecular complexity index is 740. The van der Waals surface area contributed by atoms with Gasteiger partial charge in [0.15, 0.2) is 6.61 Å². The first-order valence-corrected chi connectivity index (χ1v) is 8.17. The minimum Gasteiger partial charge on any atom is -0.484 e. The first kappa shape index (κ1) is 16.8. The van der Waals surface area contributed by atoms with Gasteiger partial charge in [0.2, 0.25) is 0 Å². The summed E-state index contributed by atoms with van der Waals surface area (Å²) in [5, 5.41) is 9.09. The van der Waals surface area contributed by atoms with Gasteiger partial charge in [0.25, 0.3) is 5.91 Å². The highest BCUT2D eigenvalue weighted by atomic mass is 16.5. The molecule has 0 bridgehead atoms. The van der Waals surface area contributed by atoms with Gasteiger partial charge in [0.05, 0.1) is 5.56 Å². The largest absolute Gasteiger partial charge is 0.484 e. The summed E-state index contributed by atoms with van der Waals surface area (Å²) in [5.74, 6) is -0.295. The van der Waals surface area contributed by atoms with Crippen LogP contribution in [0.5, 0.6) is 5.75 Å². The predicted molar refractivity (Wildman–Crippen MR) is 94.1 cm³/mol. The molecule has 1 heterocycles. The lowest BCUT2D eigenvalue weighted by atomic mass is 10.1. The molecule has 3 rings (SSSR count). The summed E-state index contributed by atoms with van der Waals surface area (Å²) in [5.41, 5.74) is 1.14.